The molecule has 1 amide bonds. The van der Waals surface area contributed by atoms with Crippen molar-refractivity contribution in [1.29, 1.82) is 0 Å². The van der Waals surface area contributed by atoms with E-state index in [1.54, 1.807) is 18.2 Å². The van der Waals surface area contributed by atoms with Crippen molar-refractivity contribution in [2.24, 2.45) is 0 Å². The number of aromatic hydroxyl groups is 2. The van der Waals surface area contributed by atoms with Crippen LogP contribution in [0.25, 0.3) is 0 Å². The number of hydrogen-bond acceptors (Lipinski definition) is 3. The van der Waals surface area contributed by atoms with Gasteiger partial charge < -0.3 is 15.5 Å². The zero-order chi connectivity index (χ0) is 14.7. The Bertz CT molecular complexity index is 600. The molecule has 0 heterocycles. The SMILES string of the molecule is Cc1ccc(NC(=O)Cc2ccc(O)c(O)c2)cc1Cl. The first-order valence-corrected chi connectivity index (χ1v) is 6.40. The van der Waals surface area contributed by atoms with Gasteiger partial charge in [-0.25, -0.2) is 0 Å². The molecule has 0 fully saturated rings. The minimum absolute atomic E-state index is 0.0966. The average molecular weight is 292 g/mol. The van der Waals surface area contributed by atoms with Gasteiger partial charge in [-0.2, -0.15) is 0 Å². The van der Waals surface area contributed by atoms with Gasteiger partial charge in [0.05, 0.1) is 6.42 Å². The standard InChI is InChI=1S/C15H14ClNO3/c1-9-2-4-11(8-12(9)16)17-15(20)7-10-3-5-13(18)14(19)6-10/h2-6,8,18-19H,7H2,1H3,(H,17,20). The molecule has 0 aliphatic heterocycles. The number of hydrogen-bond donors (Lipinski definition) is 3. The van der Waals surface area contributed by atoms with Crippen molar-refractivity contribution >= 4 is 23.2 Å². The van der Waals surface area contributed by atoms with Crippen molar-refractivity contribution in [3.05, 3.63) is 52.5 Å². The van der Waals surface area contributed by atoms with Gasteiger partial charge in [0, 0.05) is 10.7 Å². The van der Waals surface area contributed by atoms with Crippen LogP contribution in [0.5, 0.6) is 11.5 Å². The molecule has 0 unspecified atom stereocenters. The number of rotatable bonds is 3. The number of nitrogens with one attached hydrogen (secondary N) is 1. The normalized spacial score (nSPS) is 10.3. The Balaban J connectivity index is 2.04. The number of carbonyl (C=O) groups excluding carboxylic acids is 1. The van der Waals surface area contributed by atoms with Crippen molar-refractivity contribution < 1.29 is 15.0 Å². The smallest absolute Gasteiger partial charge is 0.228 e. The van der Waals surface area contributed by atoms with Gasteiger partial charge in [-0.1, -0.05) is 23.7 Å². The molecule has 2 rings (SSSR count). The molecule has 0 aliphatic rings. The summed E-state index contributed by atoms with van der Waals surface area (Å²) < 4.78 is 0. The van der Waals surface area contributed by atoms with E-state index in [1.807, 2.05) is 13.0 Å². The van der Waals surface area contributed by atoms with Gasteiger partial charge in [0.2, 0.25) is 5.91 Å². The molecule has 0 aliphatic carbocycles. The lowest BCUT2D eigenvalue weighted by Gasteiger charge is -2.07. The highest BCUT2D eigenvalue weighted by molar-refractivity contribution is 6.31. The zero-order valence-corrected chi connectivity index (χ0v) is 11.6. The van der Waals surface area contributed by atoms with Crippen molar-refractivity contribution in [2.45, 2.75) is 13.3 Å². The van der Waals surface area contributed by atoms with Crippen LogP contribution < -0.4 is 5.32 Å². The second kappa shape index (κ2) is 5.84. The van der Waals surface area contributed by atoms with Crippen LogP contribution in [0.1, 0.15) is 11.1 Å². The molecule has 0 radical (unpaired) electrons. The number of aryl methyl sites for hydroxylation is 1. The van der Waals surface area contributed by atoms with Gasteiger partial charge in [-0.3, -0.25) is 4.79 Å². The molecule has 0 saturated heterocycles. The van der Waals surface area contributed by atoms with Gasteiger partial charge in [0.15, 0.2) is 11.5 Å². The summed E-state index contributed by atoms with van der Waals surface area (Å²) >= 11 is 5.98. The minimum Gasteiger partial charge on any atom is -0.504 e. The van der Waals surface area contributed by atoms with Crippen molar-refractivity contribution in [1.82, 2.24) is 0 Å². The van der Waals surface area contributed by atoms with Crippen LogP contribution in [0, 0.1) is 6.92 Å². The fraction of sp³-hybridized carbons (Fsp3) is 0.133. The van der Waals surface area contributed by atoms with E-state index >= 15 is 0 Å². The van der Waals surface area contributed by atoms with E-state index in [9.17, 15) is 15.0 Å². The first-order chi connectivity index (χ1) is 9.45. The Morgan fingerprint density at radius 3 is 2.55 bits per heavy atom. The molecule has 20 heavy (non-hydrogen) atoms. The van der Waals surface area contributed by atoms with Crippen LogP contribution in [0.3, 0.4) is 0 Å². The number of halogens is 1. The zero-order valence-electron chi connectivity index (χ0n) is 10.9. The van der Waals surface area contributed by atoms with E-state index in [4.69, 9.17) is 11.6 Å². The van der Waals surface area contributed by atoms with Gasteiger partial charge in [0.1, 0.15) is 0 Å². The Kier molecular flexibility index (Phi) is 4.15. The molecule has 2 aromatic rings. The molecule has 2 aromatic carbocycles. The van der Waals surface area contributed by atoms with Crippen molar-refractivity contribution in [3.8, 4) is 11.5 Å². The molecular weight excluding hydrogens is 278 g/mol. The lowest BCUT2D eigenvalue weighted by atomic mass is 10.1. The fourth-order valence-corrected chi connectivity index (χ4v) is 1.92. The highest BCUT2D eigenvalue weighted by atomic mass is 35.5. The number of amides is 1. The molecule has 5 heteroatoms. The summed E-state index contributed by atoms with van der Waals surface area (Å²) in [7, 11) is 0. The monoisotopic (exact) mass is 291 g/mol. The summed E-state index contributed by atoms with van der Waals surface area (Å²) in [6.07, 6.45) is 0.0966. The number of benzene rings is 2. The second-order valence-corrected chi connectivity index (χ2v) is 4.92. The van der Waals surface area contributed by atoms with E-state index in [1.165, 1.54) is 12.1 Å². The van der Waals surface area contributed by atoms with Gasteiger partial charge in [0.25, 0.3) is 0 Å². The maximum absolute atomic E-state index is 11.9. The second-order valence-electron chi connectivity index (χ2n) is 4.51. The van der Waals surface area contributed by atoms with Crippen LogP contribution in [0.2, 0.25) is 5.02 Å². The summed E-state index contributed by atoms with van der Waals surface area (Å²) in [6.45, 7) is 1.88. The quantitative estimate of drug-likeness (QED) is 0.760. The molecule has 0 spiro atoms. The number of phenolic OH excluding ortho intramolecular Hbond substituents is 2. The fourth-order valence-electron chi connectivity index (χ4n) is 1.74. The highest BCUT2D eigenvalue weighted by Crippen LogP contribution is 2.25. The van der Waals surface area contributed by atoms with E-state index in [0.717, 1.165) is 5.56 Å². The molecule has 0 bridgehead atoms. The molecule has 104 valence electrons. The van der Waals surface area contributed by atoms with E-state index < -0.39 is 0 Å². The highest BCUT2D eigenvalue weighted by Gasteiger charge is 2.07. The molecule has 0 atom stereocenters. The minimum atomic E-state index is -0.242. The Hall–Kier alpha value is -2.20. The lowest BCUT2D eigenvalue weighted by Crippen LogP contribution is -2.14. The van der Waals surface area contributed by atoms with Gasteiger partial charge >= 0.3 is 0 Å². The predicted molar refractivity (Wildman–Crippen MR) is 78.3 cm³/mol. The van der Waals surface area contributed by atoms with E-state index in [-0.39, 0.29) is 23.8 Å². The summed E-state index contributed by atoms with van der Waals surface area (Å²) in [5, 5.41) is 21.9. The Morgan fingerprint density at radius 1 is 1.15 bits per heavy atom. The first kappa shape index (κ1) is 14.2. The third kappa shape index (κ3) is 3.42. The molecule has 4 nitrogen and oxygen atoms in total. The maximum atomic E-state index is 11.9. The Morgan fingerprint density at radius 2 is 1.90 bits per heavy atom. The maximum Gasteiger partial charge on any atom is 0.228 e. The predicted octanol–water partition coefficient (Wildman–Crippen LogP) is 3.24. The van der Waals surface area contributed by atoms with Gasteiger partial charge in [-0.05, 0) is 42.3 Å². The van der Waals surface area contributed by atoms with E-state index in [2.05, 4.69) is 5.32 Å². The third-order valence-corrected chi connectivity index (χ3v) is 3.27. The summed E-state index contributed by atoms with van der Waals surface area (Å²) in [6, 6.07) is 9.56. The van der Waals surface area contributed by atoms with Crippen LogP contribution >= 0.6 is 11.6 Å². The summed E-state index contributed by atoms with van der Waals surface area (Å²) in [4.78, 5) is 11.9. The number of phenols is 2. The van der Waals surface area contributed by atoms with Crippen LogP contribution in [0.4, 0.5) is 5.69 Å². The lowest BCUT2D eigenvalue weighted by molar-refractivity contribution is -0.115. The average Bonchev–Trinajstić information content (AvgIpc) is 2.38. The molecule has 3 N–H and O–H groups in total. The summed E-state index contributed by atoms with van der Waals surface area (Å²) in [5.41, 5.74) is 2.16. The van der Waals surface area contributed by atoms with Crippen LogP contribution in [0.15, 0.2) is 36.4 Å². The van der Waals surface area contributed by atoms with Gasteiger partial charge in [-0.15, -0.1) is 0 Å². The number of carbonyl (C=O) groups is 1. The van der Waals surface area contributed by atoms with Crippen LogP contribution in [-0.2, 0) is 11.2 Å². The molecule has 0 aromatic heterocycles. The van der Waals surface area contributed by atoms with Crippen molar-refractivity contribution in [2.75, 3.05) is 5.32 Å². The van der Waals surface area contributed by atoms with Crippen LogP contribution in [-0.4, -0.2) is 16.1 Å². The first-order valence-electron chi connectivity index (χ1n) is 6.02. The largest absolute Gasteiger partial charge is 0.504 e. The molecular formula is C15H14ClNO3. The topological polar surface area (TPSA) is 69.6 Å². The summed E-state index contributed by atoms with van der Waals surface area (Å²) in [5.74, 6) is -0.678. The Labute approximate surface area is 121 Å². The van der Waals surface area contributed by atoms with Crippen molar-refractivity contribution in [3.63, 3.8) is 0 Å². The molecule has 0 saturated carbocycles. The number of anilines is 1. The van der Waals surface area contributed by atoms with E-state index in [0.29, 0.717) is 16.3 Å². The third-order valence-electron chi connectivity index (χ3n) is 2.86.